The Morgan fingerprint density at radius 2 is 0.933 bits per heavy atom. The number of hydrogen-bond acceptors (Lipinski definition) is 0. The predicted molar refractivity (Wildman–Crippen MR) is 62.4 cm³/mol. The Morgan fingerprint density at radius 3 is 1.07 bits per heavy atom. The first-order valence-electron chi connectivity index (χ1n) is 4.63. The van der Waals surface area contributed by atoms with Gasteiger partial charge in [0.25, 0.3) is 0 Å². The number of rotatable bonds is 3. The summed E-state index contributed by atoms with van der Waals surface area (Å²) >= 11 is 0. The Morgan fingerprint density at radius 1 is 0.733 bits per heavy atom. The largest absolute Gasteiger partial charge is 0.359 e. The summed E-state index contributed by atoms with van der Waals surface area (Å²) in [5, 5.41) is 0. The average molecular weight is 321 g/mol. The van der Waals surface area contributed by atoms with Crippen LogP contribution in [0.5, 0.6) is 0 Å². The molecule has 0 heterocycles. The van der Waals surface area contributed by atoms with E-state index >= 15 is 0 Å². The van der Waals surface area contributed by atoms with Crippen molar-refractivity contribution in [2.45, 2.75) is 39.3 Å². The van der Waals surface area contributed by atoms with Crippen molar-refractivity contribution in [2.24, 2.45) is 0 Å². The van der Waals surface area contributed by atoms with Crippen molar-refractivity contribution >= 4 is 16.1 Å². The van der Waals surface area contributed by atoms with Crippen LogP contribution in [0.4, 0.5) is 8.78 Å². The molecular formula is C10H18F2Si2Y-2. The summed E-state index contributed by atoms with van der Waals surface area (Å²) in [6.45, 7) is 11.5. The normalized spacial score (nSPS) is 14.9. The third-order valence-electron chi connectivity index (χ3n) is 1.16. The van der Waals surface area contributed by atoms with E-state index in [1.165, 1.54) is 0 Å². The summed E-state index contributed by atoms with van der Waals surface area (Å²) in [5.74, 6) is -1.71. The Labute approximate surface area is 119 Å². The van der Waals surface area contributed by atoms with Crippen LogP contribution >= 0.6 is 0 Å². The Balaban J connectivity index is 0. The molecule has 0 atom stereocenters. The molecule has 0 bridgehead atoms. The van der Waals surface area contributed by atoms with Gasteiger partial charge >= 0.3 is 0 Å². The predicted octanol–water partition coefficient (Wildman–Crippen LogP) is 4.05. The molecule has 85 valence electrons. The van der Waals surface area contributed by atoms with Gasteiger partial charge < -0.3 is 20.2 Å². The maximum atomic E-state index is 13.2. The van der Waals surface area contributed by atoms with Gasteiger partial charge in [-0.3, -0.25) is 0 Å². The molecule has 1 radical (unpaired) electrons. The molecule has 0 saturated carbocycles. The van der Waals surface area contributed by atoms with Gasteiger partial charge in [0.2, 0.25) is 0 Å². The fraction of sp³-hybridized carbons (Fsp3) is 0.600. The zero-order valence-electron chi connectivity index (χ0n) is 10.3. The summed E-state index contributed by atoms with van der Waals surface area (Å²) in [5.41, 5.74) is 5.16. The van der Waals surface area contributed by atoms with E-state index in [-0.39, 0.29) is 32.7 Å². The molecule has 0 aliphatic heterocycles. The van der Waals surface area contributed by atoms with Gasteiger partial charge in [-0.15, -0.1) is 0 Å². The van der Waals surface area contributed by atoms with Crippen LogP contribution in [0, 0.1) is 11.4 Å². The van der Waals surface area contributed by atoms with Crippen molar-refractivity contribution in [1.82, 2.24) is 0 Å². The Hall–Kier alpha value is 0.878. The maximum Gasteiger partial charge on any atom is 0 e. The molecule has 0 rings (SSSR count). The van der Waals surface area contributed by atoms with Gasteiger partial charge in [-0.2, -0.15) is 11.7 Å². The maximum absolute atomic E-state index is 13.2. The molecule has 0 spiro atoms. The van der Waals surface area contributed by atoms with E-state index in [0.717, 1.165) is 0 Å². The molecule has 5 heteroatoms. The van der Waals surface area contributed by atoms with Crippen molar-refractivity contribution in [1.29, 1.82) is 0 Å². The first kappa shape index (κ1) is 18.2. The van der Waals surface area contributed by atoms with Crippen LogP contribution in [0.25, 0.3) is 0 Å². The Bertz CT molecular complexity index is 232. The van der Waals surface area contributed by atoms with Crippen LogP contribution < -0.4 is 0 Å². The van der Waals surface area contributed by atoms with E-state index < -0.39 is 27.8 Å². The number of hydrogen-bond donors (Lipinski definition) is 0. The molecule has 0 aromatic rings. The van der Waals surface area contributed by atoms with Crippen LogP contribution in [-0.2, 0) is 32.7 Å². The van der Waals surface area contributed by atoms with E-state index in [9.17, 15) is 8.78 Å². The fourth-order valence-electron chi connectivity index (χ4n) is 0.768. The average Bonchev–Trinajstić information content (AvgIpc) is 1.78. The van der Waals surface area contributed by atoms with Crippen molar-refractivity contribution in [3.05, 3.63) is 23.1 Å². The van der Waals surface area contributed by atoms with Gasteiger partial charge in [0.05, 0.1) is 0 Å². The quantitative estimate of drug-likeness (QED) is 0.418. The van der Waals surface area contributed by atoms with Crippen molar-refractivity contribution in [3.8, 4) is 0 Å². The van der Waals surface area contributed by atoms with Gasteiger partial charge in [0.1, 0.15) is 0 Å². The van der Waals surface area contributed by atoms with Crippen LogP contribution in [0.15, 0.2) is 11.7 Å². The number of halogens is 2. The SMILES string of the molecule is C[Si](C)(C)[C-]=C(F)C(F)=[C-][Si](C)(C)C.[Y]. The fourth-order valence-corrected chi connectivity index (χ4v) is 2.30. The topological polar surface area (TPSA) is 0 Å². The molecule has 0 aromatic heterocycles. The number of allylic oxidation sites excluding steroid dienone is 2. The molecule has 0 saturated heterocycles. The molecule has 0 fully saturated rings. The second-order valence-corrected chi connectivity index (χ2v) is 14.9. The van der Waals surface area contributed by atoms with E-state index in [1.807, 2.05) is 39.3 Å². The third-order valence-corrected chi connectivity index (χ3v) is 3.10. The first-order valence-corrected chi connectivity index (χ1v) is 11.6. The van der Waals surface area contributed by atoms with Gasteiger partial charge in [-0.25, -0.2) is 0 Å². The van der Waals surface area contributed by atoms with Crippen LogP contribution in [0.3, 0.4) is 0 Å². The third kappa shape index (κ3) is 11.1. The molecule has 0 aliphatic rings. The molecule has 0 N–H and O–H groups in total. The van der Waals surface area contributed by atoms with Gasteiger partial charge in [-0.05, 0) is 16.1 Å². The van der Waals surface area contributed by atoms with Gasteiger partial charge in [0, 0.05) is 32.7 Å². The molecule has 15 heavy (non-hydrogen) atoms. The minimum absolute atomic E-state index is 0. The molecule has 0 unspecified atom stereocenters. The van der Waals surface area contributed by atoms with Gasteiger partial charge in [0.15, 0.2) is 0 Å². The molecule has 0 nitrogen and oxygen atoms in total. The van der Waals surface area contributed by atoms with Gasteiger partial charge in [-0.1, -0.05) is 39.3 Å². The zero-order chi connectivity index (χ0) is 11.6. The van der Waals surface area contributed by atoms with E-state index in [0.29, 0.717) is 0 Å². The van der Waals surface area contributed by atoms with E-state index in [2.05, 4.69) is 11.4 Å². The molecule has 0 aromatic carbocycles. The van der Waals surface area contributed by atoms with Crippen molar-refractivity contribution in [2.75, 3.05) is 0 Å². The summed E-state index contributed by atoms with van der Waals surface area (Å²) in [7, 11) is -3.61. The summed E-state index contributed by atoms with van der Waals surface area (Å²) < 4.78 is 26.4. The minimum atomic E-state index is -1.81. The summed E-state index contributed by atoms with van der Waals surface area (Å²) in [4.78, 5) is 0. The van der Waals surface area contributed by atoms with E-state index in [1.54, 1.807) is 0 Å². The van der Waals surface area contributed by atoms with E-state index in [4.69, 9.17) is 0 Å². The summed E-state index contributed by atoms with van der Waals surface area (Å²) in [6.07, 6.45) is 0. The van der Waals surface area contributed by atoms with Crippen molar-refractivity contribution in [3.63, 3.8) is 0 Å². The molecule has 0 aliphatic carbocycles. The zero-order valence-corrected chi connectivity index (χ0v) is 15.2. The molecular weight excluding hydrogens is 303 g/mol. The second-order valence-electron chi connectivity index (χ2n) is 5.38. The second kappa shape index (κ2) is 6.57. The summed E-state index contributed by atoms with van der Waals surface area (Å²) in [6, 6.07) is 0. The van der Waals surface area contributed by atoms with Crippen LogP contribution in [-0.4, -0.2) is 16.1 Å². The standard InChI is InChI=1S/C10H18F2Si2.Y/c1-13(2,3)7-9(11)10(12)8-14(4,5)6;/h1-6H3;/q-2;. The first-order chi connectivity index (χ1) is 6.01. The monoisotopic (exact) mass is 321 g/mol. The molecule has 0 amide bonds. The smallest absolute Gasteiger partial charge is 0 e. The van der Waals surface area contributed by atoms with Crippen LogP contribution in [0.2, 0.25) is 39.3 Å². The van der Waals surface area contributed by atoms with Crippen molar-refractivity contribution < 1.29 is 41.5 Å². The minimum Gasteiger partial charge on any atom is -0.359 e. The Kier molecular flexibility index (Phi) is 8.00. The van der Waals surface area contributed by atoms with Crippen LogP contribution in [0.1, 0.15) is 0 Å².